The van der Waals surface area contributed by atoms with Gasteiger partial charge >= 0.3 is 6.18 Å². The number of rotatable bonds is 6. The van der Waals surface area contributed by atoms with Gasteiger partial charge in [0.1, 0.15) is 17.8 Å². The summed E-state index contributed by atoms with van der Waals surface area (Å²) < 4.78 is 85.2. The zero-order chi connectivity index (χ0) is 25.2. The Morgan fingerprint density at radius 3 is 2.47 bits per heavy atom. The molecule has 2 saturated heterocycles. The predicted molar refractivity (Wildman–Crippen MR) is 116 cm³/mol. The van der Waals surface area contributed by atoms with E-state index in [4.69, 9.17) is 13.9 Å². The second kappa shape index (κ2) is 8.32. The van der Waals surface area contributed by atoms with Crippen LogP contribution in [0.3, 0.4) is 0 Å². The molecule has 7 nitrogen and oxygen atoms in total. The molecular formula is C24H24F5N3O4. The highest BCUT2D eigenvalue weighted by atomic mass is 19.4. The molecule has 6 rings (SSSR count). The lowest BCUT2D eigenvalue weighted by atomic mass is 9.91. The SMILES string of the molecule is O=C(Nc1cc(F)c(OC2CC3CC3C2)c(F)c1)c1nc(N2CC3(CCCO3)C2)oc1CC(F)(F)F. The van der Waals surface area contributed by atoms with Crippen molar-refractivity contribution >= 4 is 17.6 Å². The van der Waals surface area contributed by atoms with E-state index in [1.807, 2.05) is 0 Å². The number of nitrogens with zero attached hydrogens (tertiary/aromatic N) is 2. The van der Waals surface area contributed by atoms with Crippen molar-refractivity contribution < 1.29 is 40.6 Å². The number of amides is 1. The largest absolute Gasteiger partial charge is 0.484 e. The molecule has 2 aliphatic heterocycles. The van der Waals surface area contributed by atoms with Crippen molar-refractivity contribution in [1.29, 1.82) is 0 Å². The van der Waals surface area contributed by atoms with Crippen LogP contribution in [0.15, 0.2) is 16.5 Å². The van der Waals surface area contributed by atoms with Crippen LogP contribution in [0.2, 0.25) is 0 Å². The lowest BCUT2D eigenvalue weighted by Gasteiger charge is -2.46. The van der Waals surface area contributed by atoms with E-state index in [0.29, 0.717) is 31.5 Å². The molecule has 1 aromatic carbocycles. The molecule has 4 fully saturated rings. The first-order valence-electron chi connectivity index (χ1n) is 12.0. The number of halogens is 5. The van der Waals surface area contributed by atoms with E-state index in [0.717, 1.165) is 44.2 Å². The lowest BCUT2D eigenvalue weighted by molar-refractivity contribution is -0.130. The maximum atomic E-state index is 14.6. The van der Waals surface area contributed by atoms with Gasteiger partial charge in [0.15, 0.2) is 23.1 Å². The highest BCUT2D eigenvalue weighted by molar-refractivity contribution is 6.03. The second-order valence-corrected chi connectivity index (χ2v) is 10.2. The Bertz CT molecular complexity index is 1150. The Balaban J connectivity index is 1.18. The predicted octanol–water partition coefficient (Wildman–Crippen LogP) is 4.86. The summed E-state index contributed by atoms with van der Waals surface area (Å²) in [4.78, 5) is 18.4. The molecule has 0 radical (unpaired) electrons. The van der Waals surface area contributed by atoms with Crippen LogP contribution in [0.1, 0.15) is 48.4 Å². The van der Waals surface area contributed by atoms with Crippen molar-refractivity contribution in [2.45, 2.75) is 56.4 Å². The van der Waals surface area contributed by atoms with Crippen molar-refractivity contribution in [1.82, 2.24) is 4.98 Å². The van der Waals surface area contributed by atoms with Gasteiger partial charge in [0.25, 0.3) is 11.9 Å². The molecule has 1 aromatic heterocycles. The van der Waals surface area contributed by atoms with Crippen LogP contribution >= 0.6 is 0 Å². The number of carbonyl (C=O) groups excluding carboxylic acids is 1. The van der Waals surface area contributed by atoms with Crippen LogP contribution in [0.4, 0.5) is 33.7 Å². The van der Waals surface area contributed by atoms with Gasteiger partial charge in [-0.1, -0.05) is 0 Å². The summed E-state index contributed by atoms with van der Waals surface area (Å²) in [5, 5.41) is 2.23. The number of hydrogen-bond acceptors (Lipinski definition) is 6. The molecule has 2 unspecified atom stereocenters. The number of alkyl halides is 3. The molecule has 1 spiro atoms. The third kappa shape index (κ3) is 4.51. The summed E-state index contributed by atoms with van der Waals surface area (Å²) >= 11 is 0. The molecule has 194 valence electrons. The number of aromatic nitrogens is 1. The van der Waals surface area contributed by atoms with E-state index in [-0.39, 0.29) is 23.4 Å². The van der Waals surface area contributed by atoms with E-state index < -0.39 is 47.3 Å². The number of oxazole rings is 1. The molecule has 2 aromatic rings. The van der Waals surface area contributed by atoms with Crippen molar-refractivity contribution in [3.05, 3.63) is 35.2 Å². The highest BCUT2D eigenvalue weighted by Gasteiger charge is 2.49. The second-order valence-electron chi connectivity index (χ2n) is 10.2. The zero-order valence-electron chi connectivity index (χ0n) is 19.2. The first-order chi connectivity index (χ1) is 17.1. The van der Waals surface area contributed by atoms with Crippen LogP contribution in [0.5, 0.6) is 5.75 Å². The summed E-state index contributed by atoms with van der Waals surface area (Å²) in [6, 6.07) is 1.61. The minimum Gasteiger partial charge on any atom is -0.484 e. The molecular weight excluding hydrogens is 489 g/mol. The molecule has 4 aliphatic rings. The number of anilines is 2. The quantitative estimate of drug-likeness (QED) is 0.557. The summed E-state index contributed by atoms with van der Waals surface area (Å²) in [7, 11) is 0. The van der Waals surface area contributed by atoms with E-state index in [2.05, 4.69) is 10.3 Å². The van der Waals surface area contributed by atoms with Crippen LogP contribution in [0.25, 0.3) is 0 Å². The molecule has 1 N–H and O–H groups in total. The third-order valence-electron chi connectivity index (χ3n) is 7.42. The number of ether oxygens (including phenoxy) is 2. The average molecular weight is 513 g/mol. The van der Waals surface area contributed by atoms with Crippen molar-refractivity contribution in [2.24, 2.45) is 11.8 Å². The fourth-order valence-corrected chi connectivity index (χ4v) is 5.60. The monoisotopic (exact) mass is 513 g/mol. The van der Waals surface area contributed by atoms with Gasteiger partial charge in [-0.25, -0.2) is 8.78 Å². The smallest absolute Gasteiger partial charge is 0.396 e. The van der Waals surface area contributed by atoms with E-state index in [9.17, 15) is 26.7 Å². The van der Waals surface area contributed by atoms with E-state index in [1.165, 1.54) is 0 Å². The van der Waals surface area contributed by atoms with Crippen LogP contribution in [-0.2, 0) is 11.2 Å². The minimum absolute atomic E-state index is 0.128. The molecule has 12 heteroatoms. The van der Waals surface area contributed by atoms with Gasteiger partial charge < -0.3 is 24.1 Å². The highest BCUT2D eigenvalue weighted by Crippen LogP contribution is 2.52. The minimum atomic E-state index is -4.66. The number of carbonyl (C=O) groups is 1. The van der Waals surface area contributed by atoms with E-state index >= 15 is 0 Å². The lowest BCUT2D eigenvalue weighted by Crippen LogP contribution is -2.61. The summed E-state index contributed by atoms with van der Waals surface area (Å²) in [5.74, 6) is -3.17. The number of benzene rings is 1. The third-order valence-corrected chi connectivity index (χ3v) is 7.42. The zero-order valence-corrected chi connectivity index (χ0v) is 19.2. The van der Waals surface area contributed by atoms with Crippen LogP contribution < -0.4 is 15.0 Å². The van der Waals surface area contributed by atoms with Gasteiger partial charge in [-0.2, -0.15) is 18.2 Å². The van der Waals surface area contributed by atoms with Crippen LogP contribution in [0, 0.1) is 23.5 Å². The Hall–Kier alpha value is -2.89. The topological polar surface area (TPSA) is 76.8 Å². The average Bonchev–Trinajstić information content (AvgIpc) is 3.15. The Morgan fingerprint density at radius 2 is 1.86 bits per heavy atom. The standard InChI is InChI=1S/C24H24F5N3O4/c25-16-7-14(8-17(26)20(16)35-15-5-12-4-13(12)6-15)30-21(33)19-18(9-24(27,28)29)36-22(31-19)32-10-23(11-32)2-1-3-34-23/h7-8,12-13,15H,1-6,9-11H2,(H,30,33). The number of nitrogens with one attached hydrogen (secondary N) is 1. The Kier molecular flexibility index (Phi) is 5.43. The van der Waals surface area contributed by atoms with Crippen LogP contribution in [-0.4, -0.2) is 48.5 Å². The number of hydrogen-bond donors (Lipinski definition) is 1. The summed E-state index contributed by atoms with van der Waals surface area (Å²) in [6.07, 6.45) is -2.08. The van der Waals surface area contributed by atoms with Gasteiger partial charge in [0, 0.05) is 24.4 Å². The fraction of sp³-hybridized carbons (Fsp3) is 0.583. The van der Waals surface area contributed by atoms with Gasteiger partial charge in [-0.15, -0.1) is 0 Å². The van der Waals surface area contributed by atoms with Gasteiger partial charge in [-0.3, -0.25) is 4.79 Å². The normalized spacial score (nSPS) is 26.1. The van der Waals surface area contributed by atoms with Gasteiger partial charge in [0.2, 0.25) is 0 Å². The van der Waals surface area contributed by atoms with Crippen molar-refractivity contribution in [3.8, 4) is 5.75 Å². The Morgan fingerprint density at radius 1 is 1.17 bits per heavy atom. The maximum Gasteiger partial charge on any atom is 0.396 e. The van der Waals surface area contributed by atoms with Crippen molar-refractivity contribution in [2.75, 3.05) is 29.9 Å². The first-order valence-corrected chi connectivity index (χ1v) is 12.0. The summed E-state index contributed by atoms with van der Waals surface area (Å²) in [5.41, 5.74) is -1.23. The molecule has 1 amide bonds. The molecule has 36 heavy (non-hydrogen) atoms. The Labute approximate surface area is 202 Å². The molecule has 2 saturated carbocycles. The maximum absolute atomic E-state index is 14.6. The van der Waals surface area contributed by atoms with Gasteiger partial charge in [0.05, 0.1) is 19.2 Å². The first kappa shape index (κ1) is 23.5. The van der Waals surface area contributed by atoms with Crippen molar-refractivity contribution in [3.63, 3.8) is 0 Å². The molecule has 2 atom stereocenters. The fourth-order valence-electron chi connectivity index (χ4n) is 5.60. The molecule has 0 bridgehead atoms. The molecule has 2 aliphatic carbocycles. The van der Waals surface area contributed by atoms with E-state index in [1.54, 1.807) is 4.90 Å². The molecule has 3 heterocycles. The number of fused-ring (bicyclic) bond motifs is 1. The summed E-state index contributed by atoms with van der Waals surface area (Å²) in [6.45, 7) is 1.39. The van der Waals surface area contributed by atoms with Gasteiger partial charge in [-0.05, 0) is 43.9 Å².